The Bertz CT molecular complexity index is 102. The van der Waals surface area contributed by atoms with Crippen LogP contribution in [0.3, 0.4) is 0 Å². The summed E-state index contributed by atoms with van der Waals surface area (Å²) < 4.78 is 4.29. The van der Waals surface area contributed by atoms with E-state index >= 15 is 0 Å². The summed E-state index contributed by atoms with van der Waals surface area (Å²) in [5.74, 6) is -0.335. The molecule has 0 saturated heterocycles. The lowest BCUT2D eigenvalue weighted by atomic mass is 10.4. The Morgan fingerprint density at radius 2 is 2.44 bits per heavy atom. The van der Waals surface area contributed by atoms with Gasteiger partial charge in [0.05, 0.1) is 13.5 Å². The average Bonchev–Trinajstić information content (AvgIpc) is 1.89. The first-order valence-corrected chi connectivity index (χ1v) is 2.48. The summed E-state index contributed by atoms with van der Waals surface area (Å²) in [7, 11) is 1.30. The molecule has 0 aromatic heterocycles. The van der Waals surface area contributed by atoms with Crippen molar-refractivity contribution in [2.45, 2.75) is 6.42 Å². The number of ether oxygens (including phenoxy) is 1. The number of carbonyl (C=O) groups excluding carboxylic acids is 2. The molecule has 0 fully saturated rings. The van der Waals surface area contributed by atoms with E-state index in [2.05, 4.69) is 10.1 Å². The fraction of sp³-hybridized carbons (Fsp3) is 0.600. The van der Waals surface area contributed by atoms with E-state index in [1.54, 1.807) is 0 Å². The Balaban J connectivity index is 3.06. The Hall–Kier alpha value is -1.06. The molecule has 51 valence electrons. The molecule has 9 heavy (non-hydrogen) atoms. The predicted octanol–water partition coefficient (Wildman–Crippen LogP) is -0.794. The molecule has 0 bridgehead atoms. The van der Waals surface area contributed by atoms with Crippen molar-refractivity contribution in [2.24, 2.45) is 0 Å². The van der Waals surface area contributed by atoms with Gasteiger partial charge in [0.25, 0.3) is 0 Å². The van der Waals surface area contributed by atoms with Crippen molar-refractivity contribution in [3.63, 3.8) is 0 Å². The van der Waals surface area contributed by atoms with Crippen LogP contribution >= 0.6 is 0 Å². The number of nitrogens with one attached hydrogen (secondary N) is 1. The smallest absolute Gasteiger partial charge is 0.309 e. The van der Waals surface area contributed by atoms with Gasteiger partial charge in [0.2, 0.25) is 0 Å². The molecule has 1 amide bonds. The summed E-state index contributed by atoms with van der Waals surface area (Å²) in [6.07, 6.45) is 1.64. The van der Waals surface area contributed by atoms with Crippen LogP contribution in [0.4, 0.5) is 0 Å². The van der Waals surface area contributed by atoms with Crippen molar-refractivity contribution in [3.8, 4) is 0 Å². The maximum atomic E-state index is 10.3. The molecule has 0 heterocycles. The lowest BCUT2D eigenvalue weighted by molar-refractivity contribution is -0.140. The molecule has 0 unspecified atom stereocenters. The molecular formula is C5H8NO3. The van der Waals surface area contributed by atoms with Gasteiger partial charge in [-0.2, -0.15) is 0 Å². The molecule has 4 heteroatoms. The van der Waals surface area contributed by atoms with Gasteiger partial charge in [-0.05, 0) is 0 Å². The van der Waals surface area contributed by atoms with Crippen LogP contribution in [0.1, 0.15) is 6.42 Å². The van der Waals surface area contributed by atoms with E-state index in [4.69, 9.17) is 0 Å². The average molecular weight is 130 g/mol. The van der Waals surface area contributed by atoms with Gasteiger partial charge >= 0.3 is 12.4 Å². The Morgan fingerprint density at radius 3 is 2.89 bits per heavy atom. The molecule has 0 aliphatic heterocycles. The van der Waals surface area contributed by atoms with E-state index < -0.39 is 0 Å². The zero-order valence-corrected chi connectivity index (χ0v) is 5.14. The topological polar surface area (TPSA) is 55.4 Å². The third-order valence-corrected chi connectivity index (χ3v) is 0.754. The number of rotatable bonds is 4. The summed E-state index contributed by atoms with van der Waals surface area (Å²) >= 11 is 0. The third kappa shape index (κ3) is 4.80. The second-order valence-electron chi connectivity index (χ2n) is 1.35. The second-order valence-corrected chi connectivity index (χ2v) is 1.35. The summed E-state index contributed by atoms with van der Waals surface area (Å²) in [5, 5.41) is 2.21. The summed E-state index contributed by atoms with van der Waals surface area (Å²) in [6, 6.07) is 0. The monoisotopic (exact) mass is 130 g/mol. The van der Waals surface area contributed by atoms with Gasteiger partial charge in [0.15, 0.2) is 0 Å². The summed E-state index contributed by atoms with van der Waals surface area (Å²) in [5.41, 5.74) is 0. The van der Waals surface area contributed by atoms with Crippen LogP contribution in [0.15, 0.2) is 0 Å². The number of amides is 1. The summed E-state index contributed by atoms with van der Waals surface area (Å²) in [6.45, 7) is 0.288. The van der Waals surface area contributed by atoms with E-state index in [9.17, 15) is 9.59 Å². The second kappa shape index (κ2) is 5.08. The van der Waals surface area contributed by atoms with Crippen LogP contribution in [0.5, 0.6) is 0 Å². The van der Waals surface area contributed by atoms with Crippen LogP contribution in [0.2, 0.25) is 0 Å². The minimum Gasteiger partial charge on any atom is -0.469 e. The lowest BCUT2D eigenvalue weighted by Gasteiger charge is -1.95. The van der Waals surface area contributed by atoms with Crippen LogP contribution in [-0.2, 0) is 14.3 Å². The maximum absolute atomic E-state index is 10.3. The number of hydrogen-bond acceptors (Lipinski definition) is 3. The Morgan fingerprint density at radius 1 is 1.78 bits per heavy atom. The SMILES string of the molecule is COC(=O)CCN[C]=O. The quantitative estimate of drug-likeness (QED) is 0.308. The number of methoxy groups -OCH3 is 1. The van der Waals surface area contributed by atoms with Crippen molar-refractivity contribution in [3.05, 3.63) is 0 Å². The fourth-order valence-electron chi connectivity index (χ4n) is 0.318. The van der Waals surface area contributed by atoms with E-state index in [1.807, 2.05) is 0 Å². The first-order chi connectivity index (χ1) is 4.31. The van der Waals surface area contributed by atoms with E-state index in [0.29, 0.717) is 0 Å². The standard InChI is InChI=1S/C5H8NO3/c1-9-5(8)2-3-6-4-7/h2-3H2,1H3,(H,6,7). The predicted molar refractivity (Wildman–Crippen MR) is 30.3 cm³/mol. The molecule has 4 nitrogen and oxygen atoms in total. The molecule has 0 atom stereocenters. The van der Waals surface area contributed by atoms with E-state index in [-0.39, 0.29) is 18.9 Å². The van der Waals surface area contributed by atoms with Crippen molar-refractivity contribution in [1.82, 2.24) is 5.32 Å². The molecule has 0 aromatic rings. The Kier molecular flexibility index (Phi) is 4.49. The highest BCUT2D eigenvalue weighted by molar-refractivity contribution is 5.69. The number of carbonyl (C=O) groups is 1. The van der Waals surface area contributed by atoms with Crippen LogP contribution in [-0.4, -0.2) is 26.0 Å². The van der Waals surface area contributed by atoms with Gasteiger partial charge in [-0.3, -0.25) is 9.59 Å². The fourth-order valence-corrected chi connectivity index (χ4v) is 0.318. The zero-order chi connectivity index (χ0) is 7.11. The van der Waals surface area contributed by atoms with Gasteiger partial charge in [-0.25, -0.2) is 0 Å². The largest absolute Gasteiger partial charge is 0.469 e. The van der Waals surface area contributed by atoms with E-state index in [1.165, 1.54) is 13.5 Å². The van der Waals surface area contributed by atoms with Crippen molar-refractivity contribution in [2.75, 3.05) is 13.7 Å². The van der Waals surface area contributed by atoms with Gasteiger partial charge < -0.3 is 10.1 Å². The molecule has 0 spiro atoms. The molecular weight excluding hydrogens is 122 g/mol. The Labute approximate surface area is 53.2 Å². The highest BCUT2D eigenvalue weighted by Crippen LogP contribution is 1.78. The van der Waals surface area contributed by atoms with Crippen LogP contribution in [0.25, 0.3) is 0 Å². The molecule has 0 rings (SSSR count). The highest BCUT2D eigenvalue weighted by Gasteiger charge is 1.96. The molecule has 0 aromatic carbocycles. The minimum atomic E-state index is -0.335. The van der Waals surface area contributed by atoms with Crippen molar-refractivity contribution in [1.29, 1.82) is 0 Å². The number of hydrogen-bond donors (Lipinski definition) is 1. The van der Waals surface area contributed by atoms with E-state index in [0.717, 1.165) is 0 Å². The normalized spacial score (nSPS) is 8.11. The first kappa shape index (κ1) is 7.94. The van der Waals surface area contributed by atoms with Crippen LogP contribution in [0, 0.1) is 0 Å². The molecule has 1 N–H and O–H groups in total. The molecule has 0 aliphatic rings. The molecule has 0 aliphatic carbocycles. The van der Waals surface area contributed by atoms with Crippen LogP contribution < -0.4 is 5.32 Å². The number of esters is 1. The minimum absolute atomic E-state index is 0.200. The lowest BCUT2D eigenvalue weighted by Crippen LogP contribution is -2.16. The van der Waals surface area contributed by atoms with Gasteiger partial charge in [0.1, 0.15) is 0 Å². The zero-order valence-electron chi connectivity index (χ0n) is 5.14. The van der Waals surface area contributed by atoms with Gasteiger partial charge in [-0.1, -0.05) is 0 Å². The van der Waals surface area contributed by atoms with Crippen molar-refractivity contribution < 1.29 is 14.3 Å². The highest BCUT2D eigenvalue weighted by atomic mass is 16.5. The first-order valence-electron chi connectivity index (χ1n) is 2.48. The molecule has 1 radical (unpaired) electrons. The van der Waals surface area contributed by atoms with Gasteiger partial charge in [0, 0.05) is 6.54 Å². The third-order valence-electron chi connectivity index (χ3n) is 0.754. The maximum Gasteiger partial charge on any atom is 0.309 e. The van der Waals surface area contributed by atoms with Crippen molar-refractivity contribution >= 4 is 12.4 Å². The van der Waals surface area contributed by atoms with Gasteiger partial charge in [-0.15, -0.1) is 0 Å². The molecule has 0 saturated carbocycles. The summed E-state index contributed by atoms with van der Waals surface area (Å²) in [4.78, 5) is 19.8.